The molecule has 2 nitrogen and oxygen atoms in total. The van der Waals surface area contributed by atoms with E-state index in [0.29, 0.717) is 15.8 Å². The maximum atomic E-state index is 6.39. The van der Waals surface area contributed by atoms with Crippen molar-refractivity contribution >= 4 is 39.1 Å². The van der Waals surface area contributed by atoms with E-state index in [4.69, 9.17) is 27.9 Å². The summed E-state index contributed by atoms with van der Waals surface area (Å²) in [7, 11) is 1.61. The minimum absolute atomic E-state index is 0.0123. The van der Waals surface area contributed by atoms with Crippen LogP contribution < -0.4 is 10.1 Å². The van der Waals surface area contributed by atoms with E-state index < -0.39 is 0 Å². The van der Waals surface area contributed by atoms with Crippen LogP contribution in [0.2, 0.25) is 10.0 Å². The highest BCUT2D eigenvalue weighted by Gasteiger charge is 2.17. The number of methoxy groups -OCH3 is 1. The number of hydrogen-bond acceptors (Lipinski definition) is 2. The molecule has 0 aliphatic heterocycles. The zero-order chi connectivity index (χ0) is 15.4. The molecule has 5 heteroatoms. The Balaban J connectivity index is 2.47. The fourth-order valence-electron chi connectivity index (χ4n) is 2.20. The first-order valence-electron chi connectivity index (χ1n) is 6.58. The molecule has 0 saturated carbocycles. The Labute approximate surface area is 143 Å². The van der Waals surface area contributed by atoms with Crippen LogP contribution in [-0.2, 0) is 0 Å². The van der Waals surface area contributed by atoms with Gasteiger partial charge in [0, 0.05) is 9.50 Å². The van der Waals surface area contributed by atoms with Crippen LogP contribution in [0.1, 0.15) is 24.1 Å². The van der Waals surface area contributed by atoms with Crippen molar-refractivity contribution in [1.82, 2.24) is 5.32 Å². The molecule has 0 heterocycles. The Kier molecular flexibility index (Phi) is 5.94. The van der Waals surface area contributed by atoms with Gasteiger partial charge in [-0.2, -0.15) is 0 Å². The zero-order valence-corrected chi connectivity index (χ0v) is 14.9. The van der Waals surface area contributed by atoms with E-state index >= 15 is 0 Å². The molecule has 2 aromatic carbocycles. The molecule has 0 aromatic heterocycles. The number of hydrogen-bond donors (Lipinski definition) is 1. The lowest BCUT2D eigenvalue weighted by Gasteiger charge is -2.21. The van der Waals surface area contributed by atoms with E-state index in [1.807, 2.05) is 36.4 Å². The van der Waals surface area contributed by atoms with Gasteiger partial charge in [0.05, 0.1) is 18.2 Å². The fraction of sp³-hybridized carbons (Fsp3) is 0.250. The van der Waals surface area contributed by atoms with E-state index in [0.717, 1.165) is 22.1 Å². The summed E-state index contributed by atoms with van der Waals surface area (Å²) in [6.07, 6.45) is 0. The molecule has 0 radical (unpaired) electrons. The molecule has 112 valence electrons. The van der Waals surface area contributed by atoms with Crippen molar-refractivity contribution in [2.24, 2.45) is 0 Å². The number of ether oxygens (including phenoxy) is 1. The lowest BCUT2D eigenvalue weighted by atomic mass is 9.98. The van der Waals surface area contributed by atoms with Crippen LogP contribution in [0.5, 0.6) is 5.75 Å². The van der Waals surface area contributed by atoms with Crippen LogP contribution in [0.15, 0.2) is 40.9 Å². The SMILES string of the molecule is CCNC(c1ccc(Cl)c(OC)c1)c1ccc(Br)cc1Cl. The van der Waals surface area contributed by atoms with Gasteiger partial charge >= 0.3 is 0 Å². The first-order valence-corrected chi connectivity index (χ1v) is 8.13. The Morgan fingerprint density at radius 1 is 1.14 bits per heavy atom. The Hall–Kier alpha value is -0.740. The number of halogens is 3. The molecule has 2 rings (SSSR count). The molecule has 0 aliphatic rings. The van der Waals surface area contributed by atoms with Crippen molar-refractivity contribution < 1.29 is 4.74 Å². The average Bonchev–Trinajstić information content (AvgIpc) is 2.46. The van der Waals surface area contributed by atoms with Gasteiger partial charge in [0.2, 0.25) is 0 Å². The predicted octanol–water partition coefficient (Wildman–Crippen LogP) is 5.46. The molecule has 1 N–H and O–H groups in total. The second-order valence-corrected chi connectivity index (χ2v) is 6.28. The summed E-state index contributed by atoms with van der Waals surface area (Å²) in [4.78, 5) is 0. The normalized spacial score (nSPS) is 12.2. The van der Waals surface area contributed by atoms with Crippen molar-refractivity contribution in [3.05, 3.63) is 62.0 Å². The third kappa shape index (κ3) is 3.92. The van der Waals surface area contributed by atoms with Crippen molar-refractivity contribution in [2.75, 3.05) is 13.7 Å². The van der Waals surface area contributed by atoms with Gasteiger partial charge in [-0.05, 0) is 41.9 Å². The smallest absolute Gasteiger partial charge is 0.137 e. The Bertz CT molecular complexity index is 634. The highest BCUT2D eigenvalue weighted by atomic mass is 79.9. The monoisotopic (exact) mass is 387 g/mol. The highest BCUT2D eigenvalue weighted by molar-refractivity contribution is 9.10. The van der Waals surface area contributed by atoms with Gasteiger partial charge in [0.1, 0.15) is 5.75 Å². The van der Waals surface area contributed by atoms with Gasteiger partial charge in [0.15, 0.2) is 0 Å². The summed E-state index contributed by atoms with van der Waals surface area (Å²) in [5.41, 5.74) is 2.08. The molecule has 21 heavy (non-hydrogen) atoms. The topological polar surface area (TPSA) is 21.3 Å². The van der Waals surface area contributed by atoms with Gasteiger partial charge in [-0.15, -0.1) is 0 Å². The minimum atomic E-state index is -0.0123. The maximum Gasteiger partial charge on any atom is 0.137 e. The zero-order valence-electron chi connectivity index (χ0n) is 11.8. The molecule has 0 fully saturated rings. The van der Waals surface area contributed by atoms with E-state index in [9.17, 15) is 0 Å². The predicted molar refractivity (Wildman–Crippen MR) is 92.7 cm³/mol. The van der Waals surface area contributed by atoms with E-state index in [1.165, 1.54) is 0 Å². The first kappa shape index (κ1) is 16.6. The van der Waals surface area contributed by atoms with Crippen molar-refractivity contribution in [2.45, 2.75) is 13.0 Å². The minimum Gasteiger partial charge on any atom is -0.495 e. The van der Waals surface area contributed by atoms with Gasteiger partial charge in [-0.1, -0.05) is 58.2 Å². The molecule has 1 unspecified atom stereocenters. The van der Waals surface area contributed by atoms with Crippen molar-refractivity contribution in [3.63, 3.8) is 0 Å². The Morgan fingerprint density at radius 2 is 1.90 bits per heavy atom. The molecular formula is C16H16BrCl2NO. The second kappa shape index (κ2) is 7.50. The molecular weight excluding hydrogens is 373 g/mol. The number of nitrogens with one attached hydrogen (secondary N) is 1. The summed E-state index contributed by atoms with van der Waals surface area (Å²) in [5, 5.41) is 4.76. The van der Waals surface area contributed by atoms with Crippen LogP contribution in [-0.4, -0.2) is 13.7 Å². The van der Waals surface area contributed by atoms with Crippen LogP contribution in [0, 0.1) is 0 Å². The van der Waals surface area contributed by atoms with E-state index in [-0.39, 0.29) is 6.04 Å². The third-order valence-electron chi connectivity index (χ3n) is 3.19. The summed E-state index contributed by atoms with van der Waals surface area (Å²) in [5.74, 6) is 0.658. The van der Waals surface area contributed by atoms with Crippen molar-refractivity contribution in [1.29, 1.82) is 0 Å². The average molecular weight is 389 g/mol. The molecule has 0 spiro atoms. The van der Waals surface area contributed by atoms with Gasteiger partial charge in [0.25, 0.3) is 0 Å². The van der Waals surface area contributed by atoms with Gasteiger partial charge < -0.3 is 10.1 Å². The van der Waals surface area contributed by atoms with Crippen LogP contribution >= 0.6 is 39.1 Å². The van der Waals surface area contributed by atoms with E-state index in [1.54, 1.807) is 7.11 Å². The molecule has 0 amide bonds. The molecule has 0 bridgehead atoms. The van der Waals surface area contributed by atoms with Gasteiger partial charge in [-0.3, -0.25) is 0 Å². The van der Waals surface area contributed by atoms with Crippen LogP contribution in [0.3, 0.4) is 0 Å². The van der Waals surface area contributed by atoms with Crippen LogP contribution in [0.4, 0.5) is 0 Å². The van der Waals surface area contributed by atoms with Crippen molar-refractivity contribution in [3.8, 4) is 5.75 Å². The second-order valence-electron chi connectivity index (χ2n) is 4.55. The molecule has 1 atom stereocenters. The quantitative estimate of drug-likeness (QED) is 0.733. The van der Waals surface area contributed by atoms with E-state index in [2.05, 4.69) is 28.2 Å². The Morgan fingerprint density at radius 3 is 2.52 bits per heavy atom. The summed E-state index contributed by atoms with van der Waals surface area (Å²) in [6.45, 7) is 2.88. The standard InChI is InChI=1S/C16H16BrCl2NO/c1-3-20-16(12-6-5-11(17)9-14(12)19)10-4-7-13(18)15(8-10)21-2/h4-9,16,20H,3H2,1-2H3. The summed E-state index contributed by atoms with van der Waals surface area (Å²) in [6, 6.07) is 11.6. The molecule has 2 aromatic rings. The molecule has 0 saturated heterocycles. The highest BCUT2D eigenvalue weighted by Crippen LogP contribution is 2.34. The molecule has 0 aliphatic carbocycles. The third-order valence-corrected chi connectivity index (χ3v) is 4.32. The lowest BCUT2D eigenvalue weighted by molar-refractivity contribution is 0.414. The number of rotatable bonds is 5. The van der Waals surface area contributed by atoms with Crippen LogP contribution in [0.25, 0.3) is 0 Å². The fourth-order valence-corrected chi connectivity index (χ4v) is 3.18. The summed E-state index contributed by atoms with van der Waals surface area (Å²) >= 11 is 15.9. The lowest BCUT2D eigenvalue weighted by Crippen LogP contribution is -2.22. The maximum absolute atomic E-state index is 6.39. The largest absolute Gasteiger partial charge is 0.495 e. The first-order chi connectivity index (χ1) is 10.1. The summed E-state index contributed by atoms with van der Waals surface area (Å²) < 4.78 is 6.26. The number of benzene rings is 2. The van der Waals surface area contributed by atoms with Gasteiger partial charge in [-0.25, -0.2) is 0 Å².